The quantitative estimate of drug-likeness (QED) is 0.122. The average Bonchev–Trinajstić information content (AvgIpc) is 4.00. The van der Waals surface area contributed by atoms with Crippen LogP contribution in [0.1, 0.15) is 22.3 Å². The molecule has 0 saturated heterocycles. The predicted octanol–water partition coefficient (Wildman–Crippen LogP) is 13.4. The normalized spacial score (nSPS) is 13.4. The Kier molecular flexibility index (Phi) is 8.21. The number of hydrogen-bond donors (Lipinski definition) is 0. The zero-order chi connectivity index (χ0) is 42.8. The van der Waals surface area contributed by atoms with Gasteiger partial charge in [-0.3, -0.25) is 0 Å². The first-order valence-corrected chi connectivity index (χ1v) is 25.7. The van der Waals surface area contributed by atoms with E-state index in [1.807, 2.05) is 0 Å². The molecular formula is C63H37Ge2. The van der Waals surface area contributed by atoms with Crippen molar-refractivity contribution in [1.29, 1.82) is 0 Å². The van der Waals surface area contributed by atoms with Gasteiger partial charge in [0.25, 0.3) is 0 Å². The van der Waals surface area contributed by atoms with Gasteiger partial charge >= 0.3 is 385 Å². The van der Waals surface area contributed by atoms with Crippen LogP contribution in [0.3, 0.4) is 0 Å². The zero-order valence-electron chi connectivity index (χ0n) is 35.4. The van der Waals surface area contributed by atoms with Crippen LogP contribution in [-0.4, -0.2) is 31.9 Å². The second-order valence-corrected chi connectivity index (χ2v) is 21.5. The van der Waals surface area contributed by atoms with Gasteiger partial charge in [-0.05, 0) is 0 Å². The second kappa shape index (κ2) is 14.3. The molecule has 14 rings (SSSR count). The van der Waals surface area contributed by atoms with E-state index in [0.29, 0.717) is 0 Å². The van der Waals surface area contributed by atoms with Gasteiger partial charge in [0.15, 0.2) is 0 Å². The fourth-order valence-corrected chi connectivity index (χ4v) is 15.8. The molecule has 11 aromatic carbocycles. The molecule has 0 aromatic heterocycles. The van der Waals surface area contributed by atoms with Gasteiger partial charge in [-0.15, -0.1) is 0 Å². The Morgan fingerprint density at radius 2 is 0.754 bits per heavy atom. The molecule has 0 unspecified atom stereocenters. The van der Waals surface area contributed by atoms with Gasteiger partial charge in [-0.25, -0.2) is 0 Å². The van der Waals surface area contributed by atoms with Crippen molar-refractivity contribution < 1.29 is 0 Å². The van der Waals surface area contributed by atoms with Crippen molar-refractivity contribution in [3.8, 4) is 77.9 Å². The number of hydrogen-bond acceptors (Lipinski definition) is 0. The third kappa shape index (κ3) is 5.21. The summed E-state index contributed by atoms with van der Waals surface area (Å²) in [5, 5.41) is 5.12. The average molecular weight is 939 g/mol. The van der Waals surface area contributed by atoms with Gasteiger partial charge in [0, 0.05) is 0 Å². The summed E-state index contributed by atoms with van der Waals surface area (Å²) in [5.41, 5.74) is 23.3. The molecule has 1 aliphatic heterocycles. The Bertz CT molecular complexity index is 3770. The maximum absolute atomic E-state index is 2.54. The van der Waals surface area contributed by atoms with Crippen molar-refractivity contribution in [1.82, 2.24) is 0 Å². The Balaban J connectivity index is 1.12. The summed E-state index contributed by atoms with van der Waals surface area (Å²) in [6.07, 6.45) is 0. The first kappa shape index (κ1) is 37.4. The van der Waals surface area contributed by atoms with Gasteiger partial charge in [0.1, 0.15) is 0 Å². The van der Waals surface area contributed by atoms with Crippen LogP contribution in [0, 0.1) is 0 Å². The molecule has 11 aromatic rings. The van der Waals surface area contributed by atoms with Crippen molar-refractivity contribution in [3.63, 3.8) is 0 Å². The summed E-state index contributed by atoms with van der Waals surface area (Å²) in [6, 6.07) is 85.4. The molecule has 0 fully saturated rings. The molecule has 65 heavy (non-hydrogen) atoms. The van der Waals surface area contributed by atoms with Gasteiger partial charge in [-0.2, -0.15) is 0 Å². The summed E-state index contributed by atoms with van der Waals surface area (Å²) < 4.78 is 4.35. The van der Waals surface area contributed by atoms with Crippen molar-refractivity contribution in [3.05, 3.63) is 247 Å². The number of fused-ring (bicyclic) bond motifs is 15. The van der Waals surface area contributed by atoms with Crippen LogP contribution in [0.4, 0.5) is 0 Å². The van der Waals surface area contributed by atoms with Crippen LogP contribution >= 0.6 is 0 Å². The van der Waals surface area contributed by atoms with Gasteiger partial charge in [-0.1, -0.05) is 12.1 Å². The molecule has 3 aliphatic rings. The van der Waals surface area contributed by atoms with E-state index < -0.39 is 20.8 Å². The van der Waals surface area contributed by atoms with Crippen LogP contribution in [0.15, 0.2) is 224 Å². The molecule has 5 radical (unpaired) electrons. The summed E-state index contributed by atoms with van der Waals surface area (Å²) in [7, 11) is 0. The maximum atomic E-state index is 2.54. The molecule has 1 heterocycles. The summed E-state index contributed by atoms with van der Waals surface area (Å²) in [5.74, 6) is 0. The van der Waals surface area contributed by atoms with Crippen LogP contribution in [-0.2, 0) is 5.41 Å². The molecule has 1 spiro atoms. The fourth-order valence-electron chi connectivity index (χ4n) is 12.0. The SMILES string of the molecule is [Ge][c]1ccccc1-c1cccc(-c2cccc3c(-c4cccc5c4C4(c6ccccc6-c6ccccc64)c4ccccc4-5)c4cccc(-c5cccc6[c]5[Ge][c]5ccccc5-6)c4cc23)c1. The van der Waals surface area contributed by atoms with E-state index in [4.69, 9.17) is 0 Å². The molecule has 0 amide bonds. The van der Waals surface area contributed by atoms with Crippen LogP contribution in [0.2, 0.25) is 0 Å². The topological polar surface area (TPSA) is 0 Å². The molecule has 0 N–H and O–H groups in total. The summed E-state index contributed by atoms with van der Waals surface area (Å²) in [4.78, 5) is 0. The van der Waals surface area contributed by atoms with E-state index >= 15 is 0 Å². The van der Waals surface area contributed by atoms with Crippen LogP contribution < -0.4 is 13.2 Å². The van der Waals surface area contributed by atoms with E-state index in [1.165, 1.54) is 135 Å². The third-order valence-corrected chi connectivity index (χ3v) is 18.6. The molecule has 2 heteroatoms. The Hall–Kier alpha value is -6.97. The minimum absolute atomic E-state index is 0.488. The van der Waals surface area contributed by atoms with E-state index in [1.54, 1.807) is 0 Å². The van der Waals surface area contributed by atoms with E-state index in [9.17, 15) is 0 Å². The van der Waals surface area contributed by atoms with Crippen molar-refractivity contribution in [2.45, 2.75) is 5.41 Å². The molecular weight excluding hydrogens is 902 g/mol. The minimum atomic E-state index is -0.529. The summed E-state index contributed by atoms with van der Waals surface area (Å²) >= 11 is 1.69. The Morgan fingerprint density at radius 1 is 0.308 bits per heavy atom. The number of rotatable bonds is 4. The molecule has 297 valence electrons. The molecule has 0 atom stereocenters. The standard InChI is InChI=1S/C63H37Ge2/c64-58-34-9-4-18-41(58)39-17-11-16-38(36-39)40-23-12-25-47-53(40)37-54-42(50-28-15-29-51-46-22-5-10-35-59(46)65-62(50)51)24-13-26-48(54)60(47)52-30-14-27-49-45-21-3-8-33-57(45)63(61(49)52)55-31-6-1-19-43(55)44-20-2-7-32-56(44)63/h1-37H. The van der Waals surface area contributed by atoms with Gasteiger partial charge < -0.3 is 0 Å². The van der Waals surface area contributed by atoms with Gasteiger partial charge in [0.2, 0.25) is 0 Å². The second-order valence-electron chi connectivity index (χ2n) is 17.7. The first-order valence-electron chi connectivity index (χ1n) is 22.5. The van der Waals surface area contributed by atoms with E-state index in [-0.39, 0.29) is 0 Å². The monoisotopic (exact) mass is 941 g/mol. The molecule has 0 nitrogen and oxygen atoms in total. The van der Waals surface area contributed by atoms with Crippen molar-refractivity contribution in [2.24, 2.45) is 0 Å². The first-order chi connectivity index (χ1) is 32.2. The van der Waals surface area contributed by atoms with Crippen molar-refractivity contribution in [2.75, 3.05) is 0 Å². The Morgan fingerprint density at radius 3 is 1.43 bits per heavy atom. The van der Waals surface area contributed by atoms with Gasteiger partial charge in [0.05, 0.1) is 0 Å². The third-order valence-electron chi connectivity index (χ3n) is 14.6. The Labute approximate surface area is 394 Å². The molecule has 0 saturated carbocycles. The molecule has 0 bridgehead atoms. The zero-order valence-corrected chi connectivity index (χ0v) is 39.6. The fraction of sp³-hybridized carbons (Fsp3) is 0.0159. The van der Waals surface area contributed by atoms with Crippen molar-refractivity contribution >= 4 is 66.7 Å². The van der Waals surface area contributed by atoms with E-state index in [2.05, 4.69) is 241 Å². The van der Waals surface area contributed by atoms with E-state index in [0.717, 1.165) is 0 Å². The predicted molar refractivity (Wildman–Crippen MR) is 275 cm³/mol. The summed E-state index contributed by atoms with van der Waals surface area (Å²) in [6.45, 7) is 0. The van der Waals surface area contributed by atoms with Crippen LogP contribution in [0.5, 0.6) is 0 Å². The van der Waals surface area contributed by atoms with Crippen LogP contribution in [0.25, 0.3) is 99.4 Å². The number of benzene rings is 11. The molecule has 2 aliphatic carbocycles.